The maximum atomic E-state index is 12.0. The lowest BCUT2D eigenvalue weighted by Gasteiger charge is -2.03. The molecule has 0 saturated heterocycles. The third-order valence-corrected chi connectivity index (χ3v) is 5.47. The second-order valence-corrected chi connectivity index (χ2v) is 6.94. The number of furan rings is 1. The van der Waals surface area contributed by atoms with Crippen LogP contribution in [-0.4, -0.2) is 22.0 Å². The van der Waals surface area contributed by atoms with Crippen molar-refractivity contribution in [1.82, 2.24) is 10.0 Å². The van der Waals surface area contributed by atoms with E-state index in [4.69, 9.17) is 4.42 Å². The van der Waals surface area contributed by atoms with Gasteiger partial charge in [-0.2, -0.15) is 0 Å². The molecule has 2 aromatic heterocycles. The summed E-state index contributed by atoms with van der Waals surface area (Å²) >= 11 is 1.23. The third kappa shape index (κ3) is 3.90. The molecule has 5 nitrogen and oxygen atoms in total. The van der Waals surface area contributed by atoms with Crippen LogP contribution in [0.15, 0.2) is 38.5 Å². The second kappa shape index (κ2) is 6.33. The lowest BCUT2D eigenvalue weighted by molar-refractivity contribution is 0.506. The Hall–Kier alpha value is -1.15. The van der Waals surface area contributed by atoms with Gasteiger partial charge in [0.25, 0.3) is 0 Å². The van der Waals surface area contributed by atoms with Crippen molar-refractivity contribution in [2.75, 3.05) is 13.6 Å². The van der Waals surface area contributed by atoms with Gasteiger partial charge in [0, 0.05) is 19.5 Å². The minimum atomic E-state index is -3.41. The lowest BCUT2D eigenvalue weighted by Crippen LogP contribution is -2.25. The third-order valence-electron chi connectivity index (χ3n) is 2.52. The van der Waals surface area contributed by atoms with Crippen molar-refractivity contribution in [3.8, 4) is 0 Å². The van der Waals surface area contributed by atoms with Crippen molar-refractivity contribution in [2.45, 2.75) is 17.2 Å². The van der Waals surface area contributed by atoms with Crippen LogP contribution in [0.25, 0.3) is 0 Å². The number of thiophene rings is 1. The summed E-state index contributed by atoms with van der Waals surface area (Å²) < 4.78 is 32.1. The Morgan fingerprint density at radius 2 is 2.26 bits per heavy atom. The molecular formula is C12H16N2O3S2. The SMILES string of the molecule is CNCc1csc(S(=O)(=O)NCCc2ccco2)c1. The Morgan fingerprint density at radius 3 is 2.95 bits per heavy atom. The molecule has 2 N–H and O–H groups in total. The van der Waals surface area contributed by atoms with Crippen molar-refractivity contribution >= 4 is 21.4 Å². The van der Waals surface area contributed by atoms with Crippen molar-refractivity contribution in [1.29, 1.82) is 0 Å². The van der Waals surface area contributed by atoms with Gasteiger partial charge in [-0.15, -0.1) is 11.3 Å². The molecule has 0 bridgehead atoms. The van der Waals surface area contributed by atoms with Gasteiger partial charge < -0.3 is 9.73 Å². The summed E-state index contributed by atoms with van der Waals surface area (Å²) in [5.74, 6) is 0.768. The summed E-state index contributed by atoms with van der Waals surface area (Å²) in [6, 6.07) is 5.30. The van der Waals surface area contributed by atoms with Gasteiger partial charge in [-0.1, -0.05) is 0 Å². The zero-order valence-corrected chi connectivity index (χ0v) is 12.2. The molecular weight excluding hydrogens is 284 g/mol. The average Bonchev–Trinajstić information content (AvgIpc) is 3.00. The van der Waals surface area contributed by atoms with Crippen LogP contribution in [0.3, 0.4) is 0 Å². The predicted octanol–water partition coefficient (Wildman–Crippen LogP) is 1.58. The topological polar surface area (TPSA) is 71.3 Å². The van der Waals surface area contributed by atoms with Crippen LogP contribution in [0.2, 0.25) is 0 Å². The molecule has 7 heteroatoms. The molecule has 0 aliphatic carbocycles. The summed E-state index contributed by atoms with van der Waals surface area (Å²) in [6.45, 7) is 0.994. The van der Waals surface area contributed by atoms with Gasteiger partial charge in [0.2, 0.25) is 10.0 Å². The molecule has 0 atom stereocenters. The number of sulfonamides is 1. The molecule has 0 amide bonds. The van der Waals surface area contributed by atoms with E-state index in [1.165, 1.54) is 11.3 Å². The molecule has 2 heterocycles. The maximum absolute atomic E-state index is 12.0. The van der Waals surface area contributed by atoms with Crippen LogP contribution in [0.5, 0.6) is 0 Å². The van der Waals surface area contributed by atoms with Crippen LogP contribution < -0.4 is 10.0 Å². The van der Waals surface area contributed by atoms with Crippen LogP contribution in [0.4, 0.5) is 0 Å². The normalized spacial score (nSPS) is 11.8. The van der Waals surface area contributed by atoms with E-state index in [2.05, 4.69) is 10.0 Å². The van der Waals surface area contributed by atoms with Gasteiger partial charge in [0.15, 0.2) is 0 Å². The Balaban J connectivity index is 1.93. The smallest absolute Gasteiger partial charge is 0.250 e. The van der Waals surface area contributed by atoms with Gasteiger partial charge in [-0.3, -0.25) is 0 Å². The maximum Gasteiger partial charge on any atom is 0.250 e. The van der Waals surface area contributed by atoms with Gasteiger partial charge >= 0.3 is 0 Å². The molecule has 19 heavy (non-hydrogen) atoms. The van der Waals surface area contributed by atoms with Crippen LogP contribution in [-0.2, 0) is 23.0 Å². The highest BCUT2D eigenvalue weighted by atomic mass is 32.2. The second-order valence-electron chi connectivity index (χ2n) is 4.03. The quantitative estimate of drug-likeness (QED) is 0.814. The van der Waals surface area contributed by atoms with E-state index in [0.717, 1.165) is 11.3 Å². The summed E-state index contributed by atoms with van der Waals surface area (Å²) in [6.07, 6.45) is 2.12. The van der Waals surface area contributed by atoms with E-state index in [1.54, 1.807) is 18.4 Å². The van der Waals surface area contributed by atoms with Crippen LogP contribution >= 0.6 is 11.3 Å². The fraction of sp³-hybridized carbons (Fsp3) is 0.333. The van der Waals surface area contributed by atoms with Gasteiger partial charge in [0.05, 0.1) is 6.26 Å². The van der Waals surface area contributed by atoms with Crippen molar-refractivity contribution in [3.05, 3.63) is 41.2 Å². The highest BCUT2D eigenvalue weighted by Crippen LogP contribution is 2.19. The van der Waals surface area contributed by atoms with Gasteiger partial charge in [-0.25, -0.2) is 13.1 Å². The Labute approximate surface area is 116 Å². The zero-order valence-electron chi connectivity index (χ0n) is 10.5. The molecule has 0 saturated carbocycles. The van der Waals surface area contributed by atoms with Crippen molar-refractivity contribution < 1.29 is 12.8 Å². The Bertz CT molecular complexity index is 603. The minimum Gasteiger partial charge on any atom is -0.469 e. The monoisotopic (exact) mass is 300 g/mol. The Morgan fingerprint density at radius 1 is 1.42 bits per heavy atom. The summed E-state index contributed by atoms with van der Waals surface area (Å²) in [5, 5.41) is 4.83. The molecule has 0 aliphatic rings. The molecule has 104 valence electrons. The molecule has 0 aromatic carbocycles. The first-order valence-electron chi connectivity index (χ1n) is 5.86. The largest absolute Gasteiger partial charge is 0.469 e. The number of hydrogen-bond acceptors (Lipinski definition) is 5. The molecule has 0 unspecified atom stereocenters. The van der Waals surface area contributed by atoms with Crippen LogP contribution in [0.1, 0.15) is 11.3 Å². The van der Waals surface area contributed by atoms with Crippen LogP contribution in [0, 0.1) is 0 Å². The minimum absolute atomic E-state index is 0.328. The summed E-state index contributed by atoms with van der Waals surface area (Å²) in [4.78, 5) is 0. The summed E-state index contributed by atoms with van der Waals surface area (Å²) in [5.41, 5.74) is 0.971. The van der Waals surface area contributed by atoms with E-state index >= 15 is 0 Å². The first kappa shape index (κ1) is 14.3. The fourth-order valence-electron chi connectivity index (χ4n) is 1.63. The van der Waals surface area contributed by atoms with E-state index in [1.807, 2.05) is 18.5 Å². The van der Waals surface area contributed by atoms with Gasteiger partial charge in [0.1, 0.15) is 9.97 Å². The Kier molecular flexibility index (Phi) is 4.76. The summed E-state index contributed by atoms with van der Waals surface area (Å²) in [7, 11) is -1.59. The molecule has 2 rings (SSSR count). The molecule has 0 spiro atoms. The highest BCUT2D eigenvalue weighted by molar-refractivity contribution is 7.91. The molecule has 0 aliphatic heterocycles. The highest BCUT2D eigenvalue weighted by Gasteiger charge is 2.16. The first-order valence-corrected chi connectivity index (χ1v) is 8.22. The lowest BCUT2D eigenvalue weighted by atomic mass is 10.3. The molecule has 0 radical (unpaired) electrons. The fourth-order valence-corrected chi connectivity index (χ4v) is 3.91. The van der Waals surface area contributed by atoms with E-state index in [9.17, 15) is 8.42 Å². The van der Waals surface area contributed by atoms with Gasteiger partial charge in [-0.05, 0) is 36.2 Å². The van der Waals surface area contributed by atoms with E-state index in [-0.39, 0.29) is 0 Å². The predicted molar refractivity (Wildman–Crippen MR) is 74.7 cm³/mol. The average molecular weight is 300 g/mol. The zero-order chi connectivity index (χ0) is 13.7. The standard InChI is InChI=1S/C12H16N2O3S2/c1-13-8-10-7-12(18-9-10)19(15,16)14-5-4-11-3-2-6-17-11/h2-3,6-7,9,13-14H,4-5,8H2,1H3. The number of rotatable bonds is 7. The molecule has 0 fully saturated rings. The van der Waals surface area contributed by atoms with E-state index < -0.39 is 10.0 Å². The first-order chi connectivity index (χ1) is 9.12. The van der Waals surface area contributed by atoms with E-state index in [0.29, 0.717) is 23.7 Å². The number of hydrogen-bond donors (Lipinski definition) is 2. The number of nitrogens with one attached hydrogen (secondary N) is 2. The molecule has 2 aromatic rings. The van der Waals surface area contributed by atoms with Crippen molar-refractivity contribution in [3.63, 3.8) is 0 Å². The van der Waals surface area contributed by atoms with Crippen molar-refractivity contribution in [2.24, 2.45) is 0 Å².